The minimum Gasteiger partial charge on any atom is -0.496 e. The summed E-state index contributed by atoms with van der Waals surface area (Å²) in [6.07, 6.45) is 0. The smallest absolute Gasteiger partial charge is 0.138 e. The van der Waals surface area contributed by atoms with E-state index in [1.165, 1.54) is 0 Å². The van der Waals surface area contributed by atoms with Crippen molar-refractivity contribution in [2.24, 2.45) is 5.73 Å². The largest absolute Gasteiger partial charge is 0.496 e. The summed E-state index contributed by atoms with van der Waals surface area (Å²) in [5.74, 6) is 1.38. The molecular formula is C15H15Cl2NO2. The number of benzene rings is 2. The first-order valence-corrected chi connectivity index (χ1v) is 6.83. The summed E-state index contributed by atoms with van der Waals surface area (Å²) < 4.78 is 10.9. The van der Waals surface area contributed by atoms with Crippen LogP contribution in [0.25, 0.3) is 0 Å². The lowest BCUT2D eigenvalue weighted by molar-refractivity contribution is 0.306. The molecule has 0 amide bonds. The number of hydrogen-bond donors (Lipinski definition) is 1. The lowest BCUT2D eigenvalue weighted by atomic mass is 10.1. The highest BCUT2D eigenvalue weighted by molar-refractivity contribution is 6.35. The molecule has 20 heavy (non-hydrogen) atoms. The SMILES string of the molecule is COc1ccc(COc2ccc(Cl)cc2Cl)cc1CN. The van der Waals surface area contributed by atoms with E-state index in [4.69, 9.17) is 38.4 Å². The van der Waals surface area contributed by atoms with Crippen molar-refractivity contribution in [1.82, 2.24) is 0 Å². The van der Waals surface area contributed by atoms with Crippen LogP contribution in [-0.4, -0.2) is 7.11 Å². The Morgan fingerprint density at radius 2 is 1.80 bits per heavy atom. The molecule has 2 N–H and O–H groups in total. The molecule has 3 nitrogen and oxygen atoms in total. The Hall–Kier alpha value is -1.42. The summed E-state index contributed by atoms with van der Waals surface area (Å²) in [5.41, 5.74) is 7.62. The van der Waals surface area contributed by atoms with Gasteiger partial charge in [0.25, 0.3) is 0 Å². The Balaban J connectivity index is 2.10. The molecule has 0 aromatic heterocycles. The first-order chi connectivity index (χ1) is 9.63. The van der Waals surface area contributed by atoms with Crippen molar-refractivity contribution in [2.45, 2.75) is 13.2 Å². The Labute approximate surface area is 128 Å². The maximum absolute atomic E-state index is 6.05. The van der Waals surface area contributed by atoms with Gasteiger partial charge >= 0.3 is 0 Å². The molecule has 0 bridgehead atoms. The first-order valence-electron chi connectivity index (χ1n) is 6.07. The highest BCUT2D eigenvalue weighted by Crippen LogP contribution is 2.28. The molecule has 0 saturated carbocycles. The van der Waals surface area contributed by atoms with Crippen molar-refractivity contribution in [3.8, 4) is 11.5 Å². The van der Waals surface area contributed by atoms with Gasteiger partial charge in [-0.3, -0.25) is 0 Å². The minimum absolute atomic E-state index is 0.401. The third-order valence-electron chi connectivity index (χ3n) is 2.85. The monoisotopic (exact) mass is 311 g/mol. The molecule has 0 heterocycles. The number of methoxy groups -OCH3 is 1. The first kappa shape index (κ1) is 15.0. The molecule has 2 aromatic carbocycles. The van der Waals surface area contributed by atoms with Crippen LogP contribution in [0.2, 0.25) is 10.0 Å². The van der Waals surface area contributed by atoms with Crippen LogP contribution >= 0.6 is 23.2 Å². The van der Waals surface area contributed by atoms with E-state index in [0.29, 0.717) is 28.9 Å². The van der Waals surface area contributed by atoms with Crippen molar-refractivity contribution in [1.29, 1.82) is 0 Å². The predicted molar refractivity (Wildman–Crippen MR) is 81.7 cm³/mol. The van der Waals surface area contributed by atoms with Crippen LogP contribution in [0.15, 0.2) is 36.4 Å². The van der Waals surface area contributed by atoms with Crippen LogP contribution in [0, 0.1) is 0 Å². The van der Waals surface area contributed by atoms with Crippen LogP contribution in [0.1, 0.15) is 11.1 Å². The average molecular weight is 312 g/mol. The Kier molecular flexibility index (Phi) is 5.12. The van der Waals surface area contributed by atoms with Gasteiger partial charge in [-0.05, 0) is 35.9 Å². The molecule has 0 radical (unpaired) electrons. The number of hydrogen-bond acceptors (Lipinski definition) is 3. The van der Waals surface area contributed by atoms with Gasteiger partial charge in [-0.1, -0.05) is 29.3 Å². The normalized spacial score (nSPS) is 10.4. The van der Waals surface area contributed by atoms with E-state index < -0.39 is 0 Å². The van der Waals surface area contributed by atoms with Gasteiger partial charge in [0.05, 0.1) is 12.1 Å². The van der Waals surface area contributed by atoms with Gasteiger partial charge in [0.15, 0.2) is 0 Å². The molecule has 0 atom stereocenters. The zero-order valence-corrected chi connectivity index (χ0v) is 12.5. The van der Waals surface area contributed by atoms with Gasteiger partial charge in [-0.2, -0.15) is 0 Å². The van der Waals surface area contributed by atoms with Gasteiger partial charge < -0.3 is 15.2 Å². The maximum atomic E-state index is 6.05. The van der Waals surface area contributed by atoms with E-state index >= 15 is 0 Å². The van der Waals surface area contributed by atoms with Gasteiger partial charge in [-0.15, -0.1) is 0 Å². The Morgan fingerprint density at radius 3 is 2.45 bits per heavy atom. The van der Waals surface area contributed by atoms with Crippen molar-refractivity contribution < 1.29 is 9.47 Å². The van der Waals surface area contributed by atoms with Crippen LogP contribution in [0.3, 0.4) is 0 Å². The van der Waals surface area contributed by atoms with Crippen molar-refractivity contribution in [2.75, 3.05) is 7.11 Å². The molecule has 106 valence electrons. The molecule has 0 fully saturated rings. The quantitative estimate of drug-likeness (QED) is 0.906. The van der Waals surface area contributed by atoms with Gasteiger partial charge in [0.2, 0.25) is 0 Å². The van der Waals surface area contributed by atoms with E-state index in [0.717, 1.165) is 16.9 Å². The zero-order valence-electron chi connectivity index (χ0n) is 11.0. The molecule has 0 aliphatic heterocycles. The molecule has 2 rings (SSSR count). The maximum Gasteiger partial charge on any atom is 0.138 e. The lowest BCUT2D eigenvalue weighted by Crippen LogP contribution is -2.02. The standard InChI is InChI=1S/C15H15Cl2NO2/c1-19-14-4-2-10(6-11(14)8-18)9-20-15-5-3-12(16)7-13(15)17/h2-7H,8-9,18H2,1H3. The van der Waals surface area contributed by atoms with Crippen LogP contribution in [-0.2, 0) is 13.2 Å². The number of ether oxygens (including phenoxy) is 2. The number of rotatable bonds is 5. The summed E-state index contributed by atoms with van der Waals surface area (Å²) in [6, 6.07) is 10.9. The highest BCUT2D eigenvalue weighted by Gasteiger charge is 2.06. The summed E-state index contributed by atoms with van der Waals surface area (Å²) in [5, 5.41) is 1.07. The second kappa shape index (κ2) is 6.84. The highest BCUT2D eigenvalue weighted by atomic mass is 35.5. The summed E-state index contributed by atoms with van der Waals surface area (Å²) in [4.78, 5) is 0. The van der Waals surface area contributed by atoms with Crippen LogP contribution in [0.4, 0.5) is 0 Å². The summed E-state index contributed by atoms with van der Waals surface area (Å²) >= 11 is 11.9. The fourth-order valence-corrected chi connectivity index (χ4v) is 2.30. The number of nitrogens with two attached hydrogens (primary N) is 1. The second-order valence-electron chi connectivity index (χ2n) is 4.21. The molecule has 0 saturated heterocycles. The molecule has 0 unspecified atom stereocenters. The molecular weight excluding hydrogens is 297 g/mol. The minimum atomic E-state index is 0.401. The third-order valence-corrected chi connectivity index (χ3v) is 3.38. The van der Waals surface area contributed by atoms with E-state index in [1.807, 2.05) is 18.2 Å². The molecule has 5 heteroatoms. The van der Waals surface area contributed by atoms with Crippen LogP contribution < -0.4 is 15.2 Å². The van der Waals surface area contributed by atoms with E-state index in [-0.39, 0.29) is 0 Å². The molecule has 0 aliphatic carbocycles. The summed E-state index contributed by atoms with van der Waals surface area (Å²) in [6.45, 7) is 0.817. The lowest BCUT2D eigenvalue weighted by Gasteiger charge is -2.11. The second-order valence-corrected chi connectivity index (χ2v) is 5.06. The van der Waals surface area contributed by atoms with E-state index in [2.05, 4.69) is 0 Å². The van der Waals surface area contributed by atoms with Gasteiger partial charge in [0.1, 0.15) is 18.1 Å². The topological polar surface area (TPSA) is 44.5 Å². The summed E-state index contributed by atoms with van der Waals surface area (Å²) in [7, 11) is 1.62. The molecule has 2 aromatic rings. The number of halogens is 2. The predicted octanol–water partition coefficient (Wildman–Crippen LogP) is 4.04. The van der Waals surface area contributed by atoms with E-state index in [9.17, 15) is 0 Å². The fraction of sp³-hybridized carbons (Fsp3) is 0.200. The zero-order chi connectivity index (χ0) is 14.5. The third kappa shape index (κ3) is 3.57. The van der Waals surface area contributed by atoms with Gasteiger partial charge in [0, 0.05) is 17.1 Å². The van der Waals surface area contributed by atoms with E-state index in [1.54, 1.807) is 25.3 Å². The van der Waals surface area contributed by atoms with Gasteiger partial charge in [-0.25, -0.2) is 0 Å². The fourth-order valence-electron chi connectivity index (χ4n) is 1.83. The Morgan fingerprint density at radius 1 is 1.05 bits per heavy atom. The van der Waals surface area contributed by atoms with Crippen molar-refractivity contribution >= 4 is 23.2 Å². The molecule has 0 spiro atoms. The average Bonchev–Trinajstić information content (AvgIpc) is 2.46. The van der Waals surface area contributed by atoms with Crippen molar-refractivity contribution in [3.63, 3.8) is 0 Å². The van der Waals surface area contributed by atoms with Crippen LogP contribution in [0.5, 0.6) is 11.5 Å². The van der Waals surface area contributed by atoms with Crippen molar-refractivity contribution in [3.05, 3.63) is 57.6 Å². The molecule has 0 aliphatic rings. The Bertz CT molecular complexity index is 602.